The molecule has 1 heterocycles. The molecule has 0 bridgehead atoms. The summed E-state index contributed by atoms with van der Waals surface area (Å²) in [6.07, 6.45) is -1.70. The van der Waals surface area contributed by atoms with E-state index in [2.05, 4.69) is 17.9 Å². The van der Waals surface area contributed by atoms with Gasteiger partial charge in [0.15, 0.2) is 0 Å². The summed E-state index contributed by atoms with van der Waals surface area (Å²) < 4.78 is 59.8. The summed E-state index contributed by atoms with van der Waals surface area (Å²) in [6.45, 7) is -0.700. The van der Waals surface area contributed by atoms with Crippen LogP contribution >= 0.6 is 35.7 Å². The minimum Gasteiger partial charge on any atom is -0.460 e. The number of phosphoric ester groups is 1. The van der Waals surface area contributed by atoms with Crippen molar-refractivity contribution in [2.24, 2.45) is 0 Å². The number of hydrogen-bond acceptors (Lipinski definition) is 10. The molecule has 1 fully saturated rings. The van der Waals surface area contributed by atoms with Gasteiger partial charge in [0.05, 0.1) is 13.7 Å². The molecule has 1 rings (SSSR count). The Balaban J connectivity index is 2.64. The van der Waals surface area contributed by atoms with Gasteiger partial charge in [-0.1, -0.05) is 0 Å². The Labute approximate surface area is 148 Å². The number of phosphoric acid groups is 3. The first-order valence-electron chi connectivity index (χ1n) is 6.17. The van der Waals surface area contributed by atoms with E-state index >= 15 is 0 Å². The topological polar surface area (TPSA) is 188 Å². The summed E-state index contributed by atoms with van der Waals surface area (Å²) >= 11 is 4.69. The molecule has 25 heavy (non-hydrogen) atoms. The lowest BCUT2D eigenvalue weighted by molar-refractivity contribution is -0.00653. The van der Waals surface area contributed by atoms with Crippen molar-refractivity contribution in [1.82, 2.24) is 0 Å². The second-order valence-corrected chi connectivity index (χ2v) is 9.20. The lowest BCUT2D eigenvalue weighted by Gasteiger charge is -2.21. The lowest BCUT2D eigenvalue weighted by Crippen LogP contribution is -2.31. The largest absolute Gasteiger partial charge is 0.490 e. The highest BCUT2D eigenvalue weighted by atomic mass is 32.1. The second-order valence-electron chi connectivity index (χ2n) is 4.45. The zero-order chi connectivity index (χ0) is 19.5. The van der Waals surface area contributed by atoms with Gasteiger partial charge in [-0.3, -0.25) is 4.52 Å². The minimum atomic E-state index is -5.59. The molecule has 1 saturated heterocycles. The Morgan fingerprint density at radius 2 is 1.80 bits per heavy atom. The van der Waals surface area contributed by atoms with Crippen LogP contribution in [0.25, 0.3) is 0 Å². The fraction of sp³-hybridized carbons (Fsp3) is 0.857. The van der Waals surface area contributed by atoms with E-state index < -0.39 is 48.3 Å². The summed E-state index contributed by atoms with van der Waals surface area (Å²) in [5, 5.41) is -0.244. The third-order valence-corrected chi connectivity index (χ3v) is 6.53. The lowest BCUT2D eigenvalue weighted by atomic mass is 9.96. The number of ether oxygens (including phenoxy) is 3. The molecule has 2 radical (unpaired) electrons. The molecule has 0 amide bonds. The molecule has 0 aromatic heterocycles. The van der Waals surface area contributed by atoms with E-state index in [0.717, 1.165) is 0 Å². The Morgan fingerprint density at radius 1 is 1.20 bits per heavy atom. The minimum absolute atomic E-state index is 0.133. The van der Waals surface area contributed by atoms with Gasteiger partial charge in [0.2, 0.25) is 0 Å². The van der Waals surface area contributed by atoms with Crippen LogP contribution in [0.2, 0.25) is 0 Å². The fourth-order valence-corrected chi connectivity index (χ4v) is 4.82. The molecule has 0 aliphatic carbocycles. The summed E-state index contributed by atoms with van der Waals surface area (Å²) in [4.78, 5) is 35.2. The third kappa shape index (κ3) is 9.05. The van der Waals surface area contributed by atoms with Crippen LogP contribution in [0, 0.1) is 0 Å². The van der Waals surface area contributed by atoms with Crippen LogP contribution in [0.5, 0.6) is 0 Å². The summed E-state index contributed by atoms with van der Waals surface area (Å²) in [7, 11) is -9.52. The Hall–Kier alpha value is 0.125. The first kappa shape index (κ1) is 23.2. The molecule has 0 saturated carbocycles. The molecule has 5 unspecified atom stereocenters. The predicted molar refractivity (Wildman–Crippen MR) is 83.3 cm³/mol. The van der Waals surface area contributed by atoms with Crippen LogP contribution in [0.4, 0.5) is 0 Å². The molecule has 0 aromatic carbocycles. The summed E-state index contributed by atoms with van der Waals surface area (Å²) in [5.74, 6) is 0. The van der Waals surface area contributed by atoms with Crippen LogP contribution in [0.3, 0.4) is 0 Å². The fourth-order valence-electron chi connectivity index (χ4n) is 1.66. The van der Waals surface area contributed by atoms with Gasteiger partial charge < -0.3 is 33.8 Å². The maximum Gasteiger partial charge on any atom is 0.490 e. The van der Waals surface area contributed by atoms with Crippen LogP contribution in [0.15, 0.2) is 0 Å². The second kappa shape index (κ2) is 8.88. The van der Waals surface area contributed by atoms with Crippen molar-refractivity contribution in [2.45, 2.75) is 24.6 Å². The van der Waals surface area contributed by atoms with Crippen molar-refractivity contribution >= 4 is 48.8 Å². The molecule has 4 N–H and O–H groups in total. The quantitative estimate of drug-likeness (QED) is 0.222. The smallest absolute Gasteiger partial charge is 0.460 e. The van der Waals surface area contributed by atoms with E-state index in [1.807, 2.05) is 0 Å². The van der Waals surface area contributed by atoms with Crippen LogP contribution in [-0.4, -0.2) is 64.6 Å². The maximum atomic E-state index is 11.6. The van der Waals surface area contributed by atoms with Crippen molar-refractivity contribution in [1.29, 1.82) is 0 Å². The summed E-state index contributed by atoms with van der Waals surface area (Å²) in [6, 6.07) is -0.806. The average molecular weight is 442 g/mol. The molecule has 13 nitrogen and oxygen atoms in total. The van der Waals surface area contributed by atoms with Crippen molar-refractivity contribution in [3.63, 3.8) is 0 Å². The van der Waals surface area contributed by atoms with Gasteiger partial charge in [-0.05, 0) is 0 Å². The molecular formula is C7H14BO13P3S. The van der Waals surface area contributed by atoms with Gasteiger partial charge in [-0.25, -0.2) is 13.7 Å². The van der Waals surface area contributed by atoms with Gasteiger partial charge in [0.1, 0.15) is 20.1 Å². The van der Waals surface area contributed by atoms with E-state index in [1.54, 1.807) is 0 Å². The highest BCUT2D eigenvalue weighted by Gasteiger charge is 2.42. The van der Waals surface area contributed by atoms with E-state index in [0.29, 0.717) is 0 Å². The highest BCUT2D eigenvalue weighted by molar-refractivity contribution is 7.79. The molecule has 1 aliphatic rings. The van der Waals surface area contributed by atoms with Crippen molar-refractivity contribution in [3.05, 3.63) is 0 Å². The molecule has 5 atom stereocenters. The molecular weight excluding hydrogens is 428 g/mol. The Bertz CT molecular complexity index is 623. The van der Waals surface area contributed by atoms with Gasteiger partial charge in [0, 0.05) is 24.6 Å². The molecule has 18 heteroatoms. The van der Waals surface area contributed by atoms with Crippen molar-refractivity contribution in [3.8, 4) is 0 Å². The van der Waals surface area contributed by atoms with Crippen LogP contribution in [0.1, 0.15) is 6.42 Å². The van der Waals surface area contributed by atoms with Crippen molar-refractivity contribution < 1.29 is 60.6 Å². The predicted octanol–water partition coefficient (Wildman–Crippen LogP) is -0.0703. The normalized spacial score (nSPS) is 28.8. The van der Waals surface area contributed by atoms with Crippen LogP contribution in [-0.2, 0) is 41.1 Å². The first-order valence-corrected chi connectivity index (χ1v) is 11.1. The zero-order valence-electron chi connectivity index (χ0n) is 12.4. The van der Waals surface area contributed by atoms with Gasteiger partial charge in [-0.2, -0.15) is 8.62 Å². The SMILES string of the molecule is [B]C1CC(OC(=S)OC)C(COP(=O)(O)OP(=O)(O)OP(=O)(O)O)O1. The number of rotatable bonds is 8. The van der Waals surface area contributed by atoms with E-state index in [4.69, 9.17) is 44.2 Å². The van der Waals surface area contributed by atoms with E-state index in [9.17, 15) is 18.6 Å². The third-order valence-electron chi connectivity index (χ3n) is 2.46. The number of thiocarbonyl (C=S) groups is 1. The molecule has 144 valence electrons. The van der Waals surface area contributed by atoms with Crippen molar-refractivity contribution in [2.75, 3.05) is 13.7 Å². The van der Waals surface area contributed by atoms with Gasteiger partial charge >= 0.3 is 28.7 Å². The Kier molecular flexibility index (Phi) is 8.22. The number of hydrogen-bond donors (Lipinski definition) is 4. The zero-order valence-corrected chi connectivity index (χ0v) is 15.9. The monoisotopic (exact) mass is 442 g/mol. The Morgan fingerprint density at radius 3 is 2.32 bits per heavy atom. The average Bonchev–Trinajstić information content (AvgIpc) is 2.72. The molecule has 0 aromatic rings. The van der Waals surface area contributed by atoms with Crippen LogP contribution < -0.4 is 0 Å². The first-order chi connectivity index (χ1) is 11.2. The molecule has 1 aliphatic heterocycles. The standard InChI is InChI=1S/C7H14BO13P3S/c1-16-7(25)19-4-2-6(8)18-5(4)3-17-23(12,13)21-24(14,15)20-22(9,10)11/h4-6H,2-3H2,1H3,(H,12,13)(H,14,15)(H2,9,10,11). The maximum absolute atomic E-state index is 11.6. The molecule has 0 spiro atoms. The number of methoxy groups -OCH3 is 1. The highest BCUT2D eigenvalue weighted by Crippen LogP contribution is 2.66. The van der Waals surface area contributed by atoms with E-state index in [-0.39, 0.29) is 11.7 Å². The van der Waals surface area contributed by atoms with E-state index in [1.165, 1.54) is 7.11 Å². The van der Waals surface area contributed by atoms with Gasteiger partial charge in [0.25, 0.3) is 0 Å². The summed E-state index contributed by atoms with van der Waals surface area (Å²) in [5.41, 5.74) is 0. The van der Waals surface area contributed by atoms with Gasteiger partial charge in [-0.15, -0.1) is 0 Å².